The zero-order valence-electron chi connectivity index (χ0n) is 18.1. The van der Waals surface area contributed by atoms with E-state index in [0.29, 0.717) is 22.9 Å². The fraction of sp³-hybridized carbons (Fsp3) is 0.304. The Bertz CT molecular complexity index is 1070. The summed E-state index contributed by atoms with van der Waals surface area (Å²) in [5.41, 5.74) is -0.411. The molecular weight excluding hydrogens is 457 g/mol. The normalized spacial score (nSPS) is 15.3. The maximum absolute atomic E-state index is 13.4. The van der Waals surface area contributed by atoms with Crippen LogP contribution in [0.4, 0.5) is 0 Å². The molecule has 1 heterocycles. The Morgan fingerprint density at radius 3 is 2.53 bits per heavy atom. The summed E-state index contributed by atoms with van der Waals surface area (Å²) < 4.78 is 16.2. The molecule has 0 unspecified atom stereocenters. The van der Waals surface area contributed by atoms with Crippen molar-refractivity contribution in [3.8, 4) is 5.75 Å². The van der Waals surface area contributed by atoms with E-state index < -0.39 is 17.4 Å². The van der Waals surface area contributed by atoms with Crippen LogP contribution in [0.2, 0.25) is 10.0 Å². The summed E-state index contributed by atoms with van der Waals surface area (Å²) in [6.45, 7) is 5.45. The van der Waals surface area contributed by atoms with Crippen molar-refractivity contribution >= 4 is 40.7 Å². The molecule has 0 saturated heterocycles. The van der Waals surface area contributed by atoms with E-state index in [1.54, 1.807) is 57.2 Å². The third kappa shape index (κ3) is 4.76. The number of esters is 1. The number of rotatable bonds is 8. The van der Waals surface area contributed by atoms with Crippen LogP contribution >= 0.6 is 23.2 Å². The summed E-state index contributed by atoms with van der Waals surface area (Å²) in [6, 6.07) is 11.2. The molecule has 9 heteroatoms. The first-order valence-electron chi connectivity index (χ1n) is 9.82. The zero-order chi connectivity index (χ0) is 23.5. The smallest absolute Gasteiger partial charge is 0.343 e. The molecule has 7 nitrogen and oxygen atoms in total. The van der Waals surface area contributed by atoms with Crippen molar-refractivity contribution in [2.24, 2.45) is 0 Å². The molecule has 2 aromatic carbocycles. The molecule has 0 N–H and O–H groups in total. The number of amides is 1. The van der Waals surface area contributed by atoms with E-state index in [-0.39, 0.29) is 28.7 Å². The Morgan fingerprint density at radius 1 is 1.12 bits per heavy atom. The fourth-order valence-electron chi connectivity index (χ4n) is 3.25. The van der Waals surface area contributed by atoms with Gasteiger partial charge in [-0.3, -0.25) is 4.79 Å². The second kappa shape index (κ2) is 9.92. The molecule has 0 fully saturated rings. The van der Waals surface area contributed by atoms with Crippen LogP contribution in [0.15, 0.2) is 48.2 Å². The summed E-state index contributed by atoms with van der Waals surface area (Å²) in [5, 5.41) is 1.76. The van der Waals surface area contributed by atoms with Gasteiger partial charge in [0.1, 0.15) is 17.0 Å². The van der Waals surface area contributed by atoms with E-state index in [1.807, 2.05) is 0 Å². The van der Waals surface area contributed by atoms with Gasteiger partial charge in [-0.1, -0.05) is 35.3 Å². The number of hydroxylamine groups is 2. The maximum atomic E-state index is 13.4. The largest absolute Gasteiger partial charge is 0.497 e. The number of hydrogen-bond donors (Lipinski definition) is 0. The molecule has 32 heavy (non-hydrogen) atoms. The first kappa shape index (κ1) is 24.1. The zero-order valence-corrected chi connectivity index (χ0v) is 19.6. The number of halogens is 2. The van der Waals surface area contributed by atoms with Crippen molar-refractivity contribution < 1.29 is 28.6 Å². The fourth-order valence-corrected chi connectivity index (χ4v) is 3.75. The number of nitrogens with zero attached hydrogens (tertiary/aromatic N) is 1. The minimum atomic E-state index is -1.14. The molecule has 170 valence electrons. The molecule has 1 amide bonds. The molecule has 0 aliphatic carbocycles. The first-order valence-corrected chi connectivity index (χ1v) is 10.6. The van der Waals surface area contributed by atoms with Crippen LogP contribution in [0.3, 0.4) is 0 Å². The second-order valence-corrected chi connectivity index (χ2v) is 8.19. The van der Waals surface area contributed by atoms with Crippen molar-refractivity contribution in [3.63, 3.8) is 0 Å². The third-order valence-corrected chi connectivity index (χ3v) is 5.41. The molecule has 0 bridgehead atoms. The van der Waals surface area contributed by atoms with Crippen molar-refractivity contribution in [3.05, 3.63) is 69.4 Å². The van der Waals surface area contributed by atoms with Gasteiger partial charge in [0.15, 0.2) is 6.79 Å². The molecule has 1 aliphatic rings. The quantitative estimate of drug-likeness (QED) is 0.297. The van der Waals surface area contributed by atoms with Gasteiger partial charge in [-0.25, -0.2) is 14.7 Å². The number of benzene rings is 2. The van der Waals surface area contributed by atoms with Gasteiger partial charge in [0.05, 0.1) is 23.3 Å². The van der Waals surface area contributed by atoms with Crippen LogP contribution in [0.1, 0.15) is 36.7 Å². The highest BCUT2D eigenvalue weighted by Crippen LogP contribution is 2.43. The highest BCUT2D eigenvalue weighted by atomic mass is 35.5. The minimum Gasteiger partial charge on any atom is -0.497 e. The predicted molar refractivity (Wildman–Crippen MR) is 120 cm³/mol. The molecule has 0 spiro atoms. The SMILES string of the molecule is CCOCON1C(=O)C(c2ccc(Cl)cc2Cl)=C(OC(=O)c2cccc(OC)c2)C1(C)C. The minimum absolute atomic E-state index is 0.0936. The van der Waals surface area contributed by atoms with Gasteiger partial charge in [0.2, 0.25) is 0 Å². The lowest BCUT2D eigenvalue weighted by atomic mass is 9.99. The highest BCUT2D eigenvalue weighted by molar-refractivity contribution is 6.37. The highest BCUT2D eigenvalue weighted by Gasteiger charge is 2.50. The molecule has 0 aromatic heterocycles. The van der Waals surface area contributed by atoms with Crippen molar-refractivity contribution in [2.45, 2.75) is 26.3 Å². The third-order valence-electron chi connectivity index (χ3n) is 4.86. The second-order valence-electron chi connectivity index (χ2n) is 7.35. The number of methoxy groups -OCH3 is 1. The van der Waals surface area contributed by atoms with Crippen LogP contribution in [0.5, 0.6) is 5.75 Å². The summed E-state index contributed by atoms with van der Waals surface area (Å²) in [4.78, 5) is 31.9. The van der Waals surface area contributed by atoms with Crippen LogP contribution in [-0.2, 0) is 19.1 Å². The summed E-state index contributed by atoms with van der Waals surface area (Å²) in [7, 11) is 1.50. The lowest BCUT2D eigenvalue weighted by molar-refractivity contribution is -0.242. The number of hydrogen-bond acceptors (Lipinski definition) is 6. The number of ether oxygens (including phenoxy) is 3. The Balaban J connectivity index is 2.07. The Hall–Kier alpha value is -2.58. The molecule has 3 rings (SSSR count). The van der Waals surface area contributed by atoms with Crippen LogP contribution < -0.4 is 4.74 Å². The van der Waals surface area contributed by atoms with Gasteiger partial charge in [-0.2, -0.15) is 0 Å². The van der Waals surface area contributed by atoms with Crippen LogP contribution in [0.25, 0.3) is 5.57 Å². The molecule has 0 radical (unpaired) electrons. The maximum Gasteiger partial charge on any atom is 0.343 e. The lowest BCUT2D eigenvalue weighted by Crippen LogP contribution is -2.44. The topological polar surface area (TPSA) is 74.3 Å². The average molecular weight is 480 g/mol. The molecule has 2 aromatic rings. The van der Waals surface area contributed by atoms with E-state index >= 15 is 0 Å². The molecular formula is C23H23Cl2NO6. The number of carbonyl (C=O) groups is 2. The predicted octanol–water partition coefficient (Wildman–Crippen LogP) is 5.12. The molecule has 0 atom stereocenters. The number of carbonyl (C=O) groups excluding carboxylic acids is 2. The standard InChI is InChI=1S/C23H23Cl2NO6/c1-5-30-13-31-26-21(27)19(17-10-9-15(24)12-18(17)25)20(23(26,2)3)32-22(28)14-7-6-8-16(11-14)29-4/h6-12H,5,13H2,1-4H3. The van der Waals surface area contributed by atoms with Gasteiger partial charge in [0.25, 0.3) is 5.91 Å². The Morgan fingerprint density at radius 2 is 1.88 bits per heavy atom. The van der Waals surface area contributed by atoms with E-state index in [1.165, 1.54) is 13.2 Å². The van der Waals surface area contributed by atoms with Gasteiger partial charge < -0.3 is 14.2 Å². The van der Waals surface area contributed by atoms with Gasteiger partial charge in [-0.05, 0) is 51.1 Å². The Kier molecular flexibility index (Phi) is 7.46. The van der Waals surface area contributed by atoms with Crippen molar-refractivity contribution in [1.82, 2.24) is 5.06 Å². The van der Waals surface area contributed by atoms with Gasteiger partial charge in [-0.15, -0.1) is 0 Å². The summed E-state index contributed by atoms with van der Waals surface area (Å²) in [6.07, 6.45) is 0. The summed E-state index contributed by atoms with van der Waals surface area (Å²) in [5.74, 6) is -0.588. The monoisotopic (exact) mass is 479 g/mol. The van der Waals surface area contributed by atoms with E-state index in [2.05, 4.69) is 0 Å². The lowest BCUT2D eigenvalue weighted by Gasteiger charge is -2.31. The first-order chi connectivity index (χ1) is 15.2. The summed E-state index contributed by atoms with van der Waals surface area (Å²) >= 11 is 12.4. The van der Waals surface area contributed by atoms with E-state index in [4.69, 9.17) is 42.3 Å². The molecule has 0 saturated carbocycles. The molecule has 1 aliphatic heterocycles. The van der Waals surface area contributed by atoms with Crippen molar-refractivity contribution in [1.29, 1.82) is 0 Å². The van der Waals surface area contributed by atoms with Crippen molar-refractivity contribution in [2.75, 3.05) is 20.5 Å². The average Bonchev–Trinajstić information content (AvgIpc) is 2.94. The van der Waals surface area contributed by atoms with Crippen LogP contribution in [-0.4, -0.2) is 43.0 Å². The van der Waals surface area contributed by atoms with Gasteiger partial charge >= 0.3 is 5.97 Å². The van der Waals surface area contributed by atoms with E-state index in [0.717, 1.165) is 5.06 Å². The Labute approximate surface area is 196 Å². The van der Waals surface area contributed by atoms with Crippen LogP contribution in [0, 0.1) is 0 Å². The van der Waals surface area contributed by atoms with E-state index in [9.17, 15) is 9.59 Å². The van der Waals surface area contributed by atoms with Gasteiger partial charge in [0, 0.05) is 17.2 Å².